The van der Waals surface area contributed by atoms with Crippen LogP contribution in [-0.4, -0.2) is 56.4 Å². The maximum Gasteiger partial charge on any atom is 0.297 e. The molecule has 2 rings (SSSR count). The van der Waals surface area contributed by atoms with Crippen molar-refractivity contribution >= 4 is 8.32 Å². The molecule has 0 amide bonds. The Morgan fingerprint density at radius 1 is 1.37 bits per heavy atom. The molecule has 0 saturated carbocycles. The average molecular weight is 404 g/mol. The zero-order valence-electron chi connectivity index (χ0n) is 16.7. The van der Waals surface area contributed by atoms with Crippen LogP contribution in [-0.2, 0) is 23.5 Å². The molecule has 5 atom stereocenters. The van der Waals surface area contributed by atoms with Gasteiger partial charge in [0.25, 0.3) is 5.09 Å². The number of fused-ring (bicyclic) bond motifs is 1. The van der Waals surface area contributed by atoms with Crippen LogP contribution in [0.5, 0.6) is 0 Å². The molecule has 0 aliphatic carbocycles. The second-order valence-electron chi connectivity index (χ2n) is 8.70. The van der Waals surface area contributed by atoms with Crippen LogP contribution in [0.4, 0.5) is 0 Å². The topological polar surface area (TPSA) is 138 Å². The molecule has 2 saturated heterocycles. The molecule has 0 N–H and O–H groups in total. The first-order valence-corrected chi connectivity index (χ1v) is 11.7. The van der Waals surface area contributed by atoms with Crippen LogP contribution in [0, 0.1) is 10.1 Å². The summed E-state index contributed by atoms with van der Waals surface area (Å²) in [6.07, 6.45) is -3.44. The van der Waals surface area contributed by atoms with Crippen LogP contribution in [0.1, 0.15) is 34.6 Å². The Bertz CT molecular complexity index is 618. The minimum Gasteiger partial charge on any atom is -0.411 e. The predicted octanol–water partition coefficient (Wildman–Crippen LogP) is 3.14. The van der Waals surface area contributed by atoms with Gasteiger partial charge < -0.3 is 18.6 Å². The number of azide groups is 1. The average Bonchev–Trinajstić information content (AvgIpc) is 2.49. The highest BCUT2D eigenvalue weighted by molar-refractivity contribution is 6.74. The standard InChI is InChI=1S/C15H28N4O7Si/c1-14(2,3)27(6,7)26-12-10(17-18-16)13(25-19(20)21)23-9-8-22-15(4,5)24-11(9)12/h9-13H,8H2,1-7H3/t9-,10+,11-,12-,13-/m1/s1. The summed E-state index contributed by atoms with van der Waals surface area (Å²) in [5, 5.41) is 13.5. The van der Waals surface area contributed by atoms with Crippen molar-refractivity contribution in [3.05, 3.63) is 20.6 Å². The van der Waals surface area contributed by atoms with Crippen molar-refractivity contribution < 1.29 is 28.6 Å². The highest BCUT2D eigenvalue weighted by Gasteiger charge is 2.55. The van der Waals surface area contributed by atoms with Crippen LogP contribution in [0.3, 0.4) is 0 Å². The van der Waals surface area contributed by atoms with Crippen molar-refractivity contribution in [3.8, 4) is 0 Å². The normalized spacial score (nSPS) is 33.5. The Hall–Kier alpha value is -1.43. The summed E-state index contributed by atoms with van der Waals surface area (Å²) in [4.78, 5) is 18.4. The molecule has 12 heteroatoms. The molecule has 2 aliphatic heterocycles. The molecular formula is C15H28N4O7Si. The molecule has 154 valence electrons. The van der Waals surface area contributed by atoms with E-state index in [-0.39, 0.29) is 11.6 Å². The molecule has 0 aromatic heterocycles. The summed E-state index contributed by atoms with van der Waals surface area (Å²) in [6.45, 7) is 13.9. The third-order valence-electron chi connectivity index (χ3n) is 5.24. The van der Waals surface area contributed by atoms with Crippen LogP contribution in [0.25, 0.3) is 10.4 Å². The first kappa shape index (κ1) is 21.9. The lowest BCUT2D eigenvalue weighted by molar-refractivity contribution is -0.784. The van der Waals surface area contributed by atoms with Gasteiger partial charge in [-0.1, -0.05) is 25.9 Å². The van der Waals surface area contributed by atoms with Gasteiger partial charge in [0.05, 0.1) is 12.7 Å². The van der Waals surface area contributed by atoms with Crippen LogP contribution in [0.2, 0.25) is 18.1 Å². The van der Waals surface area contributed by atoms with E-state index in [4.69, 9.17) is 24.2 Å². The van der Waals surface area contributed by atoms with Crippen LogP contribution in [0.15, 0.2) is 5.11 Å². The molecule has 2 fully saturated rings. The molecule has 11 nitrogen and oxygen atoms in total. The minimum absolute atomic E-state index is 0.137. The molecule has 0 radical (unpaired) electrons. The summed E-state index contributed by atoms with van der Waals surface area (Å²) in [6, 6.07) is -1.08. The van der Waals surface area contributed by atoms with E-state index in [2.05, 4.69) is 35.6 Å². The number of hydrogen-bond donors (Lipinski definition) is 0. The van der Waals surface area contributed by atoms with E-state index in [0.29, 0.717) is 0 Å². The molecule has 0 spiro atoms. The molecule has 2 aliphatic rings. The molecule has 0 aromatic carbocycles. The van der Waals surface area contributed by atoms with Gasteiger partial charge in [0.2, 0.25) is 6.29 Å². The lowest BCUT2D eigenvalue weighted by Crippen LogP contribution is -2.67. The maximum atomic E-state index is 10.9. The lowest BCUT2D eigenvalue weighted by Gasteiger charge is -2.52. The zero-order chi connectivity index (χ0) is 20.6. The van der Waals surface area contributed by atoms with E-state index >= 15 is 0 Å². The Kier molecular flexibility index (Phi) is 6.10. The van der Waals surface area contributed by atoms with Gasteiger partial charge in [-0.25, -0.2) is 0 Å². The molecular weight excluding hydrogens is 376 g/mol. The number of ether oxygens (including phenoxy) is 3. The van der Waals surface area contributed by atoms with E-state index in [0.717, 1.165) is 0 Å². The number of hydrogen-bond acceptors (Lipinski definition) is 8. The van der Waals surface area contributed by atoms with Gasteiger partial charge >= 0.3 is 0 Å². The molecule has 0 bridgehead atoms. The second kappa shape index (κ2) is 7.53. The van der Waals surface area contributed by atoms with Crippen molar-refractivity contribution in [1.82, 2.24) is 0 Å². The highest BCUT2D eigenvalue weighted by Crippen LogP contribution is 2.42. The van der Waals surface area contributed by atoms with Crippen molar-refractivity contribution in [2.24, 2.45) is 5.11 Å². The Morgan fingerprint density at radius 2 is 2.00 bits per heavy atom. The second-order valence-corrected chi connectivity index (χ2v) is 13.5. The third kappa shape index (κ3) is 4.89. The fraction of sp³-hybridized carbons (Fsp3) is 1.00. The largest absolute Gasteiger partial charge is 0.411 e. The Balaban J connectivity index is 2.43. The summed E-state index contributed by atoms with van der Waals surface area (Å²) in [5.41, 5.74) is 9.01. The van der Waals surface area contributed by atoms with Gasteiger partial charge in [-0.2, -0.15) is 0 Å². The monoisotopic (exact) mass is 404 g/mol. The van der Waals surface area contributed by atoms with Crippen LogP contribution >= 0.6 is 0 Å². The van der Waals surface area contributed by atoms with Crippen molar-refractivity contribution in [3.63, 3.8) is 0 Å². The quantitative estimate of drug-likeness (QED) is 0.171. The maximum absolute atomic E-state index is 10.9. The van der Waals surface area contributed by atoms with Gasteiger partial charge in [-0.3, -0.25) is 4.84 Å². The van der Waals surface area contributed by atoms with Crippen LogP contribution < -0.4 is 0 Å². The fourth-order valence-electron chi connectivity index (χ4n) is 2.82. The lowest BCUT2D eigenvalue weighted by atomic mass is 9.96. The summed E-state index contributed by atoms with van der Waals surface area (Å²) in [5.74, 6) is -0.892. The SMILES string of the molecule is CC1(C)OC[C@H]2O[C@H](O[N+](=O)[O-])[C@@H](N=[N+]=[N-])[C@@H](O[Si](C)(C)C(C)(C)C)[C@@H]2O1. The zero-order valence-corrected chi connectivity index (χ0v) is 17.7. The van der Waals surface area contributed by atoms with E-state index in [1.807, 2.05) is 13.1 Å². The summed E-state index contributed by atoms with van der Waals surface area (Å²) >= 11 is 0. The van der Waals surface area contributed by atoms with Crippen molar-refractivity contribution in [2.45, 2.75) is 89.2 Å². The predicted molar refractivity (Wildman–Crippen MR) is 96.6 cm³/mol. The van der Waals surface area contributed by atoms with Crippen molar-refractivity contribution in [1.29, 1.82) is 0 Å². The molecule has 27 heavy (non-hydrogen) atoms. The van der Waals surface area contributed by atoms with E-state index < -0.39 is 49.8 Å². The number of nitrogens with zero attached hydrogens (tertiary/aromatic N) is 4. The smallest absolute Gasteiger partial charge is 0.297 e. The highest BCUT2D eigenvalue weighted by atomic mass is 28.4. The molecule has 2 heterocycles. The first-order chi connectivity index (χ1) is 12.3. The Labute approximate surface area is 159 Å². The molecule has 0 aromatic rings. The van der Waals surface area contributed by atoms with Gasteiger partial charge in [-0.15, -0.1) is 10.1 Å². The van der Waals surface area contributed by atoms with E-state index in [9.17, 15) is 10.1 Å². The van der Waals surface area contributed by atoms with Gasteiger partial charge in [0.1, 0.15) is 18.2 Å². The van der Waals surface area contributed by atoms with Gasteiger partial charge in [-0.05, 0) is 37.5 Å². The summed E-state index contributed by atoms with van der Waals surface area (Å²) in [7, 11) is -2.34. The summed E-state index contributed by atoms with van der Waals surface area (Å²) < 4.78 is 23.8. The van der Waals surface area contributed by atoms with E-state index in [1.54, 1.807) is 13.8 Å². The number of rotatable bonds is 5. The first-order valence-electron chi connectivity index (χ1n) is 8.78. The fourth-order valence-corrected chi connectivity index (χ4v) is 4.13. The minimum atomic E-state index is -2.34. The molecule has 0 unspecified atom stereocenters. The van der Waals surface area contributed by atoms with Crippen molar-refractivity contribution in [2.75, 3.05) is 6.61 Å². The third-order valence-corrected chi connectivity index (χ3v) is 9.72. The Morgan fingerprint density at radius 3 is 2.52 bits per heavy atom. The van der Waals surface area contributed by atoms with Gasteiger partial charge in [0, 0.05) is 4.91 Å². The van der Waals surface area contributed by atoms with Gasteiger partial charge in [0.15, 0.2) is 14.1 Å². The van der Waals surface area contributed by atoms with E-state index in [1.165, 1.54) is 0 Å².